The van der Waals surface area contributed by atoms with Gasteiger partial charge in [-0.3, -0.25) is 0 Å². The lowest BCUT2D eigenvalue weighted by Gasteiger charge is -2.45. The second kappa shape index (κ2) is 22.5. The zero-order valence-electron chi connectivity index (χ0n) is 56.0. The van der Waals surface area contributed by atoms with Crippen molar-refractivity contribution >= 4 is 123 Å². The van der Waals surface area contributed by atoms with E-state index in [1.807, 2.05) is 0 Å². The van der Waals surface area contributed by atoms with E-state index < -0.39 is 0 Å². The van der Waals surface area contributed by atoms with Crippen LogP contribution in [0.25, 0.3) is 127 Å². The Morgan fingerprint density at radius 1 is 0.210 bits per heavy atom. The summed E-state index contributed by atoms with van der Waals surface area (Å²) in [5.41, 5.74) is 34.7. The fraction of sp³-hybridized carbons (Fsp3) is 0.0426. The van der Waals surface area contributed by atoms with E-state index in [1.165, 1.54) is 104 Å². The number of nitrogens with zero attached hydrogens (tertiary/aromatic N) is 5. The van der Waals surface area contributed by atoms with Gasteiger partial charge in [0.1, 0.15) is 0 Å². The van der Waals surface area contributed by atoms with Crippen molar-refractivity contribution in [3.63, 3.8) is 0 Å². The first-order chi connectivity index (χ1) is 49.2. The Morgan fingerprint density at radius 3 is 0.880 bits per heavy atom. The molecule has 100 heavy (non-hydrogen) atoms. The quantitative estimate of drug-likeness (QED) is 0.134. The normalized spacial score (nSPS) is 12.5. The number of aromatic nitrogens is 3. The number of rotatable bonds is 9. The van der Waals surface area contributed by atoms with Crippen LogP contribution in [0.3, 0.4) is 0 Å². The molecule has 0 atom stereocenters. The van der Waals surface area contributed by atoms with Crippen molar-refractivity contribution in [2.24, 2.45) is 0 Å². The second-order valence-electron chi connectivity index (χ2n) is 27.5. The van der Waals surface area contributed by atoms with Gasteiger partial charge in [0.15, 0.2) is 0 Å². The van der Waals surface area contributed by atoms with Crippen molar-refractivity contribution < 1.29 is 0 Å². The van der Waals surface area contributed by atoms with Crippen molar-refractivity contribution in [3.8, 4) is 61.6 Å². The molecule has 2 aliphatic rings. The number of para-hydroxylation sites is 2. The van der Waals surface area contributed by atoms with Gasteiger partial charge in [0.25, 0.3) is 6.71 Å². The first kappa shape index (κ1) is 57.6. The number of anilines is 6. The Balaban J connectivity index is 0.970. The molecule has 5 nitrogen and oxygen atoms in total. The highest BCUT2D eigenvalue weighted by molar-refractivity contribution is 7.00. The van der Waals surface area contributed by atoms with Crippen LogP contribution >= 0.6 is 0 Å². The Kier molecular flexibility index (Phi) is 12.9. The highest BCUT2D eigenvalue weighted by atomic mass is 15.2. The number of hydrogen-bond acceptors (Lipinski definition) is 2. The van der Waals surface area contributed by atoms with Crippen LogP contribution in [-0.4, -0.2) is 20.4 Å². The van der Waals surface area contributed by atoms with Crippen LogP contribution in [0.5, 0.6) is 0 Å². The number of aryl methyl sites for hydroxylation is 4. The molecular formula is C94H66BN5. The van der Waals surface area contributed by atoms with Gasteiger partial charge in [-0.2, -0.15) is 0 Å². The van der Waals surface area contributed by atoms with E-state index in [2.05, 4.69) is 379 Å². The molecule has 0 saturated heterocycles. The lowest BCUT2D eigenvalue weighted by molar-refractivity contribution is 1.15. The molecule has 2 aliphatic heterocycles. The van der Waals surface area contributed by atoms with Crippen molar-refractivity contribution in [1.82, 2.24) is 13.7 Å². The van der Waals surface area contributed by atoms with Gasteiger partial charge in [-0.05, 0) is 187 Å². The molecular weight excluding hydrogens is 1210 g/mol. The third kappa shape index (κ3) is 8.89. The largest absolute Gasteiger partial charge is 0.311 e. The minimum atomic E-state index is -0.290. The lowest BCUT2D eigenvalue weighted by Crippen LogP contribution is -2.61. The predicted molar refractivity (Wildman–Crippen MR) is 424 cm³/mol. The van der Waals surface area contributed by atoms with E-state index in [1.54, 1.807) is 0 Å². The summed E-state index contributed by atoms with van der Waals surface area (Å²) < 4.78 is 7.64. The molecule has 0 radical (unpaired) electrons. The van der Waals surface area contributed by atoms with Gasteiger partial charge in [0.2, 0.25) is 0 Å². The summed E-state index contributed by atoms with van der Waals surface area (Å²) in [6.45, 7) is 8.57. The van der Waals surface area contributed by atoms with Crippen LogP contribution in [0.4, 0.5) is 34.1 Å². The molecule has 0 bridgehead atoms. The molecule has 3 aromatic heterocycles. The molecule has 0 unspecified atom stereocenters. The molecule has 6 heteroatoms. The van der Waals surface area contributed by atoms with E-state index in [9.17, 15) is 0 Å². The van der Waals surface area contributed by atoms with E-state index in [-0.39, 0.29) is 6.71 Å². The SMILES string of the molecule is Cc1ccc2c(c1)c1cc(C)ccc1n2-c1cc2c(cc1-c1ccccc1)B1c3cc(-c4ccccc4)c(-n4c5ccc(C)cc5c5cc(C)ccc54)cc3N(c3ccc(-c4ccccc4)cc3)c3cc(-n4c5ccccc5c5ccccc54)cc(c31)N2c1ccc(-c2ccccc2)cc1. The third-order valence-electron chi connectivity index (χ3n) is 21.4. The minimum absolute atomic E-state index is 0.290. The predicted octanol–water partition coefficient (Wildman–Crippen LogP) is 23.0. The van der Waals surface area contributed by atoms with Crippen LogP contribution in [0.15, 0.2) is 328 Å². The molecule has 5 heterocycles. The lowest BCUT2D eigenvalue weighted by atomic mass is 9.33. The Labute approximate surface area is 581 Å². The van der Waals surface area contributed by atoms with Crippen molar-refractivity contribution in [1.29, 1.82) is 0 Å². The van der Waals surface area contributed by atoms with Gasteiger partial charge in [-0.25, -0.2) is 0 Å². The van der Waals surface area contributed by atoms with Crippen molar-refractivity contribution in [2.75, 3.05) is 9.80 Å². The molecule has 0 aliphatic carbocycles. The number of hydrogen-bond donors (Lipinski definition) is 0. The molecule has 15 aromatic carbocycles. The van der Waals surface area contributed by atoms with Gasteiger partial charge in [0, 0.05) is 77.6 Å². The summed E-state index contributed by atoms with van der Waals surface area (Å²) in [5.74, 6) is 0. The summed E-state index contributed by atoms with van der Waals surface area (Å²) in [7, 11) is 0. The van der Waals surface area contributed by atoms with Crippen LogP contribution in [0.2, 0.25) is 0 Å². The third-order valence-corrected chi connectivity index (χ3v) is 21.4. The van der Waals surface area contributed by atoms with Crippen molar-refractivity contribution in [3.05, 3.63) is 350 Å². The molecule has 0 N–H and O–H groups in total. The average molecular weight is 1280 g/mol. The zero-order chi connectivity index (χ0) is 66.4. The van der Waals surface area contributed by atoms with Gasteiger partial charge < -0.3 is 23.5 Å². The Hall–Kier alpha value is -12.6. The van der Waals surface area contributed by atoms with Crippen LogP contribution in [0, 0.1) is 27.7 Å². The summed E-state index contributed by atoms with van der Waals surface area (Å²) in [6, 6.07) is 124. The summed E-state index contributed by atoms with van der Waals surface area (Å²) in [5, 5.41) is 7.39. The minimum Gasteiger partial charge on any atom is -0.311 e. The van der Waals surface area contributed by atoms with E-state index in [0.29, 0.717) is 0 Å². The maximum atomic E-state index is 2.62. The Bertz CT molecular complexity index is 5860. The fourth-order valence-electron chi connectivity index (χ4n) is 16.9. The summed E-state index contributed by atoms with van der Waals surface area (Å²) in [4.78, 5) is 5.24. The molecule has 0 saturated carbocycles. The highest BCUT2D eigenvalue weighted by Crippen LogP contribution is 2.51. The van der Waals surface area contributed by atoms with Gasteiger partial charge in [-0.15, -0.1) is 0 Å². The van der Waals surface area contributed by atoms with E-state index in [0.717, 1.165) is 95.6 Å². The maximum absolute atomic E-state index is 2.62. The second-order valence-corrected chi connectivity index (χ2v) is 27.5. The van der Waals surface area contributed by atoms with Crippen LogP contribution in [-0.2, 0) is 0 Å². The monoisotopic (exact) mass is 1280 g/mol. The fourth-order valence-corrected chi connectivity index (χ4v) is 16.9. The molecule has 470 valence electrons. The highest BCUT2D eigenvalue weighted by Gasteiger charge is 2.46. The first-order valence-corrected chi connectivity index (χ1v) is 34.8. The van der Waals surface area contributed by atoms with Gasteiger partial charge in [-0.1, -0.05) is 241 Å². The van der Waals surface area contributed by atoms with Gasteiger partial charge in [0.05, 0.1) is 50.2 Å². The average Bonchev–Trinajstić information content (AvgIpc) is 0.780. The number of benzene rings is 15. The van der Waals surface area contributed by atoms with Crippen molar-refractivity contribution in [2.45, 2.75) is 27.7 Å². The van der Waals surface area contributed by atoms with Crippen LogP contribution in [0.1, 0.15) is 22.3 Å². The molecule has 0 spiro atoms. The van der Waals surface area contributed by atoms with Gasteiger partial charge >= 0.3 is 0 Å². The molecule has 18 aromatic rings. The topological polar surface area (TPSA) is 21.3 Å². The van der Waals surface area contributed by atoms with Crippen LogP contribution < -0.4 is 26.2 Å². The first-order valence-electron chi connectivity index (χ1n) is 34.8. The standard InChI is InChI=1S/C94H66BN5/c1-59-33-45-84-76(49-59)77-50-60(2)34-46-85(77)99(84)88-57-90-80(55-74(88)67-25-13-7-14-26-67)95-81-56-75(68-27-15-8-16-28-68)89(100-86-47-35-61(3)51-78(86)79-52-62(4)36-48-87(79)100)58-91(81)97(70-43-39-66(40-44-70)64-23-11-6-12-24-64)93-54-71(98-82-31-19-17-29-72(82)73-30-18-20-32-83(73)98)53-92(94(93)95)96(90)69-41-37-65(38-42-69)63-21-9-5-10-22-63/h5-58H,1-4H3. The maximum Gasteiger partial charge on any atom is 0.252 e. The smallest absolute Gasteiger partial charge is 0.252 e. The Morgan fingerprint density at radius 2 is 0.520 bits per heavy atom. The zero-order valence-corrected chi connectivity index (χ0v) is 56.0. The summed E-state index contributed by atoms with van der Waals surface area (Å²) in [6.07, 6.45) is 0. The number of fused-ring (bicyclic) bond motifs is 13. The summed E-state index contributed by atoms with van der Waals surface area (Å²) >= 11 is 0. The molecule has 0 fully saturated rings. The van der Waals surface area contributed by atoms with E-state index >= 15 is 0 Å². The van der Waals surface area contributed by atoms with E-state index in [4.69, 9.17) is 0 Å². The molecule has 20 rings (SSSR count). The molecule has 0 amide bonds.